The zero-order chi connectivity index (χ0) is 14.4. The number of aromatic nitrogens is 2. The van der Waals surface area contributed by atoms with Crippen LogP contribution in [0, 0.1) is 11.8 Å². The van der Waals surface area contributed by atoms with Crippen molar-refractivity contribution in [2.24, 2.45) is 11.8 Å². The highest BCUT2D eigenvalue weighted by Crippen LogP contribution is 2.44. The fourth-order valence-corrected chi connectivity index (χ4v) is 4.06. The lowest BCUT2D eigenvalue weighted by molar-refractivity contribution is -0.139. The summed E-state index contributed by atoms with van der Waals surface area (Å²) >= 11 is 0. The molecule has 21 heavy (non-hydrogen) atoms. The Bertz CT molecular complexity index is 697. The van der Waals surface area contributed by atoms with Crippen LogP contribution in [0.3, 0.4) is 0 Å². The second-order valence-corrected chi connectivity index (χ2v) is 6.05. The molecule has 3 atom stereocenters. The number of hydrogen-bond donors (Lipinski definition) is 1. The SMILES string of the molecule is O=C(O)C1C2CCCC2CN1c1nncc2ccccc12. The normalized spacial score (nSPS) is 28.0. The maximum Gasteiger partial charge on any atom is 0.326 e. The zero-order valence-corrected chi connectivity index (χ0v) is 11.6. The van der Waals surface area contributed by atoms with E-state index in [9.17, 15) is 9.90 Å². The Morgan fingerprint density at radius 2 is 2.14 bits per heavy atom. The number of benzene rings is 1. The Balaban J connectivity index is 1.82. The summed E-state index contributed by atoms with van der Waals surface area (Å²) in [5.41, 5.74) is 0. The van der Waals surface area contributed by atoms with Crippen molar-refractivity contribution in [1.29, 1.82) is 0 Å². The molecule has 1 N–H and O–H groups in total. The van der Waals surface area contributed by atoms with Crippen LogP contribution in [0.5, 0.6) is 0 Å². The Kier molecular flexibility index (Phi) is 2.80. The molecule has 0 radical (unpaired) electrons. The van der Waals surface area contributed by atoms with E-state index in [0.717, 1.165) is 42.4 Å². The van der Waals surface area contributed by atoms with Crippen molar-refractivity contribution in [3.63, 3.8) is 0 Å². The van der Waals surface area contributed by atoms with Gasteiger partial charge in [0.25, 0.3) is 0 Å². The summed E-state index contributed by atoms with van der Waals surface area (Å²) in [5.74, 6) is 0.712. The lowest BCUT2D eigenvalue weighted by Gasteiger charge is -2.25. The van der Waals surface area contributed by atoms with Crippen molar-refractivity contribution >= 4 is 22.6 Å². The van der Waals surface area contributed by atoms with E-state index in [-0.39, 0.29) is 5.92 Å². The largest absolute Gasteiger partial charge is 0.480 e. The van der Waals surface area contributed by atoms with Crippen molar-refractivity contribution in [3.05, 3.63) is 30.5 Å². The van der Waals surface area contributed by atoms with Crippen LogP contribution in [-0.2, 0) is 4.79 Å². The van der Waals surface area contributed by atoms with Gasteiger partial charge in [0.15, 0.2) is 5.82 Å². The average molecular weight is 283 g/mol. The summed E-state index contributed by atoms with van der Waals surface area (Å²) < 4.78 is 0. The van der Waals surface area contributed by atoms with Crippen LogP contribution in [0.2, 0.25) is 0 Å². The number of hydrogen-bond acceptors (Lipinski definition) is 4. The topological polar surface area (TPSA) is 66.3 Å². The van der Waals surface area contributed by atoms with Gasteiger partial charge < -0.3 is 10.0 Å². The van der Waals surface area contributed by atoms with E-state index >= 15 is 0 Å². The van der Waals surface area contributed by atoms with Gasteiger partial charge in [0.2, 0.25) is 0 Å². The van der Waals surface area contributed by atoms with Crippen molar-refractivity contribution in [1.82, 2.24) is 10.2 Å². The minimum absolute atomic E-state index is 0.253. The minimum Gasteiger partial charge on any atom is -0.480 e. The first-order valence-corrected chi connectivity index (χ1v) is 7.45. The highest BCUT2D eigenvalue weighted by atomic mass is 16.4. The third kappa shape index (κ3) is 1.87. The molecule has 4 rings (SSSR count). The number of nitrogens with zero attached hydrogens (tertiary/aromatic N) is 3. The van der Waals surface area contributed by atoms with Gasteiger partial charge in [-0.25, -0.2) is 4.79 Å². The van der Waals surface area contributed by atoms with E-state index in [4.69, 9.17) is 0 Å². The van der Waals surface area contributed by atoms with Gasteiger partial charge in [-0.15, -0.1) is 5.10 Å². The molecule has 1 aliphatic carbocycles. The van der Waals surface area contributed by atoms with Crippen LogP contribution in [0.1, 0.15) is 19.3 Å². The molecule has 5 heteroatoms. The number of rotatable bonds is 2. The number of carboxylic acids is 1. The van der Waals surface area contributed by atoms with Gasteiger partial charge in [-0.2, -0.15) is 5.10 Å². The molecule has 0 spiro atoms. The summed E-state index contributed by atoms with van der Waals surface area (Å²) in [7, 11) is 0. The highest BCUT2D eigenvalue weighted by Gasteiger charge is 2.48. The molecule has 108 valence electrons. The monoisotopic (exact) mass is 283 g/mol. The third-order valence-electron chi connectivity index (χ3n) is 4.97. The molecule has 0 bridgehead atoms. The van der Waals surface area contributed by atoms with Crippen LogP contribution >= 0.6 is 0 Å². The fourth-order valence-electron chi connectivity index (χ4n) is 4.06. The standard InChI is InChI=1S/C16H17N3O2/c20-16(21)14-12-7-3-5-11(12)9-19(14)15-13-6-2-1-4-10(13)8-17-18-15/h1-2,4,6,8,11-12,14H,3,5,7,9H2,(H,20,21). The predicted molar refractivity (Wildman–Crippen MR) is 79.1 cm³/mol. The van der Waals surface area contributed by atoms with E-state index < -0.39 is 12.0 Å². The van der Waals surface area contributed by atoms with Crippen LogP contribution in [-0.4, -0.2) is 33.9 Å². The van der Waals surface area contributed by atoms with Gasteiger partial charge in [-0.05, 0) is 24.7 Å². The van der Waals surface area contributed by atoms with Gasteiger partial charge in [0.1, 0.15) is 6.04 Å². The van der Waals surface area contributed by atoms with Gasteiger partial charge in [-0.3, -0.25) is 0 Å². The number of fused-ring (bicyclic) bond motifs is 2. The van der Waals surface area contributed by atoms with Crippen LogP contribution in [0.15, 0.2) is 30.5 Å². The summed E-state index contributed by atoms with van der Waals surface area (Å²) in [4.78, 5) is 13.7. The molecule has 1 aliphatic heterocycles. The van der Waals surface area contributed by atoms with Crippen LogP contribution in [0.25, 0.3) is 10.8 Å². The summed E-state index contributed by atoms with van der Waals surface area (Å²) in [6.45, 7) is 0.782. The van der Waals surface area contributed by atoms with E-state index in [0.29, 0.717) is 5.92 Å². The quantitative estimate of drug-likeness (QED) is 0.916. The van der Waals surface area contributed by atoms with Crippen LogP contribution in [0.4, 0.5) is 5.82 Å². The molecule has 2 fully saturated rings. The number of carboxylic acid groups (broad SMARTS) is 1. The molecule has 2 heterocycles. The van der Waals surface area contributed by atoms with E-state index in [1.165, 1.54) is 0 Å². The third-order valence-corrected chi connectivity index (χ3v) is 4.97. The molecule has 1 aromatic heterocycles. The van der Waals surface area contributed by atoms with E-state index in [2.05, 4.69) is 10.2 Å². The molecule has 0 amide bonds. The maximum atomic E-state index is 11.8. The molecule has 1 saturated heterocycles. The van der Waals surface area contributed by atoms with E-state index in [1.807, 2.05) is 29.2 Å². The predicted octanol–water partition coefficient (Wildman–Crippen LogP) is 2.32. The smallest absolute Gasteiger partial charge is 0.326 e. The second kappa shape index (κ2) is 4.69. The minimum atomic E-state index is -0.737. The number of anilines is 1. The first-order chi connectivity index (χ1) is 10.3. The Hall–Kier alpha value is -2.17. The lowest BCUT2D eigenvalue weighted by atomic mass is 9.94. The lowest BCUT2D eigenvalue weighted by Crippen LogP contribution is -2.40. The highest BCUT2D eigenvalue weighted by molar-refractivity contribution is 5.93. The Morgan fingerprint density at radius 1 is 1.29 bits per heavy atom. The van der Waals surface area contributed by atoms with Gasteiger partial charge in [0, 0.05) is 17.3 Å². The van der Waals surface area contributed by atoms with Gasteiger partial charge in [0.05, 0.1) is 6.20 Å². The molecule has 2 aromatic rings. The second-order valence-electron chi connectivity index (χ2n) is 6.05. The maximum absolute atomic E-state index is 11.8. The molecular weight excluding hydrogens is 266 g/mol. The van der Waals surface area contributed by atoms with Crippen molar-refractivity contribution in [3.8, 4) is 0 Å². The Morgan fingerprint density at radius 3 is 3.00 bits per heavy atom. The zero-order valence-electron chi connectivity index (χ0n) is 11.6. The molecular formula is C16H17N3O2. The van der Waals surface area contributed by atoms with Crippen molar-refractivity contribution in [2.75, 3.05) is 11.4 Å². The summed E-state index contributed by atoms with van der Waals surface area (Å²) in [6, 6.07) is 7.44. The Labute approximate surface area is 122 Å². The van der Waals surface area contributed by atoms with Gasteiger partial charge in [-0.1, -0.05) is 30.7 Å². The molecule has 1 saturated carbocycles. The van der Waals surface area contributed by atoms with Crippen molar-refractivity contribution in [2.45, 2.75) is 25.3 Å². The summed E-state index contributed by atoms with van der Waals surface area (Å²) in [6.07, 6.45) is 5.01. The first kappa shape index (κ1) is 12.6. The summed E-state index contributed by atoms with van der Waals surface area (Å²) in [5, 5.41) is 20.0. The first-order valence-electron chi connectivity index (χ1n) is 7.45. The molecule has 5 nitrogen and oxygen atoms in total. The van der Waals surface area contributed by atoms with Gasteiger partial charge >= 0.3 is 5.97 Å². The molecule has 2 aliphatic rings. The average Bonchev–Trinajstić information content (AvgIpc) is 3.06. The van der Waals surface area contributed by atoms with Crippen LogP contribution < -0.4 is 4.90 Å². The number of aliphatic carboxylic acids is 1. The molecule has 1 aromatic carbocycles. The van der Waals surface area contributed by atoms with E-state index in [1.54, 1.807) is 6.20 Å². The molecule has 3 unspecified atom stereocenters. The number of carbonyl (C=O) groups is 1. The fraction of sp³-hybridized carbons (Fsp3) is 0.438. The van der Waals surface area contributed by atoms with Crippen molar-refractivity contribution < 1.29 is 9.90 Å².